The summed E-state index contributed by atoms with van der Waals surface area (Å²) >= 11 is 9.87. The second-order valence-electron chi connectivity index (χ2n) is 7.56. The van der Waals surface area contributed by atoms with Crippen molar-refractivity contribution < 1.29 is 9.53 Å². The van der Waals surface area contributed by atoms with Crippen LogP contribution in [0.1, 0.15) is 39.2 Å². The molecule has 3 rings (SSSR count). The van der Waals surface area contributed by atoms with E-state index in [1.54, 1.807) is 0 Å². The molecule has 1 aromatic carbocycles. The van der Waals surface area contributed by atoms with Crippen LogP contribution in [0.15, 0.2) is 16.6 Å². The van der Waals surface area contributed by atoms with Crippen LogP contribution < -0.4 is 4.90 Å². The number of halogens is 2. The lowest BCUT2D eigenvalue weighted by Crippen LogP contribution is -2.42. The Bertz CT molecular complexity index is 645. The highest BCUT2D eigenvalue weighted by Crippen LogP contribution is 2.39. The highest BCUT2D eigenvalue weighted by Gasteiger charge is 2.35. The van der Waals surface area contributed by atoms with Gasteiger partial charge in [-0.2, -0.15) is 0 Å². The molecular weight excluding hydrogens is 392 g/mol. The topological polar surface area (TPSA) is 32.8 Å². The van der Waals surface area contributed by atoms with Gasteiger partial charge in [0.25, 0.3) is 0 Å². The predicted molar refractivity (Wildman–Crippen MR) is 101 cm³/mol. The quantitative estimate of drug-likeness (QED) is 0.656. The molecule has 6 heteroatoms. The molecule has 132 valence electrons. The molecule has 0 N–H and O–H groups in total. The van der Waals surface area contributed by atoms with Crippen LogP contribution in [0.25, 0.3) is 0 Å². The van der Waals surface area contributed by atoms with Gasteiger partial charge in [0.05, 0.1) is 5.69 Å². The lowest BCUT2D eigenvalue weighted by molar-refractivity contribution is 0.0292. The Morgan fingerprint density at radius 1 is 1.33 bits per heavy atom. The number of amides is 1. The molecule has 2 aliphatic heterocycles. The van der Waals surface area contributed by atoms with Crippen molar-refractivity contribution in [2.45, 2.75) is 51.7 Å². The van der Waals surface area contributed by atoms with Crippen molar-refractivity contribution in [3.8, 4) is 0 Å². The Kier molecular flexibility index (Phi) is 5.03. The molecule has 4 nitrogen and oxygen atoms in total. The molecule has 2 heterocycles. The largest absolute Gasteiger partial charge is 0.444 e. The Hall–Kier alpha value is -0.940. The molecule has 1 saturated heterocycles. The number of benzene rings is 1. The Balaban J connectivity index is 1.75. The number of aryl methyl sites for hydroxylation is 1. The van der Waals surface area contributed by atoms with E-state index >= 15 is 0 Å². The first-order valence-corrected chi connectivity index (χ1v) is 9.64. The van der Waals surface area contributed by atoms with Gasteiger partial charge in [-0.1, -0.05) is 11.6 Å². The molecule has 2 aliphatic rings. The average Bonchev–Trinajstić information content (AvgIpc) is 2.94. The van der Waals surface area contributed by atoms with Crippen LogP contribution in [0.2, 0.25) is 5.02 Å². The summed E-state index contributed by atoms with van der Waals surface area (Å²) in [6.07, 6.45) is 2.92. The van der Waals surface area contributed by atoms with Crippen LogP contribution in [-0.4, -0.2) is 42.3 Å². The zero-order valence-electron chi connectivity index (χ0n) is 14.4. The van der Waals surface area contributed by atoms with Gasteiger partial charge in [0.2, 0.25) is 0 Å². The first-order valence-electron chi connectivity index (χ1n) is 8.47. The smallest absolute Gasteiger partial charge is 0.410 e. The van der Waals surface area contributed by atoms with E-state index in [4.69, 9.17) is 16.3 Å². The fourth-order valence-corrected chi connectivity index (χ4v) is 4.64. The highest BCUT2D eigenvalue weighted by atomic mass is 79.9. The molecule has 0 aliphatic carbocycles. The number of carbonyl (C=O) groups excluding carboxylic acids is 1. The Labute approximate surface area is 157 Å². The maximum absolute atomic E-state index is 12.3. The molecule has 0 bridgehead atoms. The van der Waals surface area contributed by atoms with Gasteiger partial charge in [-0.3, -0.25) is 0 Å². The van der Waals surface area contributed by atoms with E-state index in [0.717, 1.165) is 41.8 Å². The number of fused-ring (bicyclic) bond motifs is 1. The maximum atomic E-state index is 12.3. The van der Waals surface area contributed by atoms with Crippen LogP contribution in [0.4, 0.5) is 10.5 Å². The van der Waals surface area contributed by atoms with Crippen molar-refractivity contribution >= 4 is 39.3 Å². The van der Waals surface area contributed by atoms with E-state index in [1.807, 2.05) is 31.7 Å². The third kappa shape index (κ3) is 3.83. The number of hydrogen-bond acceptors (Lipinski definition) is 3. The van der Waals surface area contributed by atoms with Crippen LogP contribution in [-0.2, 0) is 11.2 Å². The molecule has 1 aromatic rings. The van der Waals surface area contributed by atoms with Gasteiger partial charge in [-0.05, 0) is 73.7 Å². The molecule has 24 heavy (non-hydrogen) atoms. The second-order valence-corrected chi connectivity index (χ2v) is 8.85. The SMILES string of the molecule is CC(C)(C)OC(=O)N1CC[C@@H](N2CCCc3cc(Cl)cc(Br)c32)C1. The van der Waals surface area contributed by atoms with Gasteiger partial charge in [0.15, 0.2) is 0 Å². The predicted octanol–water partition coefficient (Wildman–Crippen LogP) is 4.86. The molecule has 1 amide bonds. The van der Waals surface area contributed by atoms with Crippen molar-refractivity contribution in [2.75, 3.05) is 24.5 Å². The molecule has 1 atom stereocenters. The van der Waals surface area contributed by atoms with E-state index in [0.29, 0.717) is 12.6 Å². The normalized spacial score (nSPS) is 21.0. The van der Waals surface area contributed by atoms with Crippen LogP contribution in [0.5, 0.6) is 0 Å². The first kappa shape index (κ1) is 17.9. The van der Waals surface area contributed by atoms with Crippen LogP contribution in [0.3, 0.4) is 0 Å². The minimum atomic E-state index is -0.452. The number of anilines is 1. The number of ether oxygens (including phenoxy) is 1. The Morgan fingerprint density at radius 3 is 2.79 bits per heavy atom. The summed E-state index contributed by atoms with van der Waals surface area (Å²) in [6, 6.07) is 4.35. The van der Waals surface area contributed by atoms with Crippen molar-refractivity contribution in [3.63, 3.8) is 0 Å². The molecule has 0 saturated carbocycles. The highest BCUT2D eigenvalue weighted by molar-refractivity contribution is 9.10. The first-order chi connectivity index (χ1) is 11.2. The van der Waals surface area contributed by atoms with E-state index in [9.17, 15) is 4.79 Å². The molecule has 1 fully saturated rings. The van der Waals surface area contributed by atoms with Gasteiger partial charge in [0.1, 0.15) is 5.60 Å². The summed E-state index contributed by atoms with van der Waals surface area (Å²) < 4.78 is 6.55. The summed E-state index contributed by atoms with van der Waals surface area (Å²) in [4.78, 5) is 16.6. The lowest BCUT2D eigenvalue weighted by atomic mass is 9.99. The van der Waals surface area contributed by atoms with Gasteiger partial charge >= 0.3 is 6.09 Å². The monoisotopic (exact) mass is 414 g/mol. The molecule has 0 aromatic heterocycles. The minimum absolute atomic E-state index is 0.211. The molecule has 0 spiro atoms. The summed E-state index contributed by atoms with van der Waals surface area (Å²) in [5, 5.41) is 0.768. The Morgan fingerprint density at radius 2 is 2.08 bits per heavy atom. The van der Waals surface area contributed by atoms with E-state index in [2.05, 4.69) is 26.9 Å². The third-order valence-corrected chi connectivity index (χ3v) is 5.32. The van der Waals surface area contributed by atoms with Crippen molar-refractivity contribution in [1.29, 1.82) is 0 Å². The van der Waals surface area contributed by atoms with Gasteiger partial charge in [-0.15, -0.1) is 0 Å². The average molecular weight is 416 g/mol. The van der Waals surface area contributed by atoms with Gasteiger partial charge in [0, 0.05) is 35.2 Å². The van der Waals surface area contributed by atoms with Crippen LogP contribution in [0, 0.1) is 0 Å². The number of nitrogens with zero attached hydrogens (tertiary/aromatic N) is 2. The van der Waals surface area contributed by atoms with E-state index < -0.39 is 5.60 Å². The van der Waals surface area contributed by atoms with E-state index in [-0.39, 0.29) is 6.09 Å². The third-order valence-electron chi connectivity index (χ3n) is 4.50. The fourth-order valence-electron chi connectivity index (χ4n) is 3.54. The fraction of sp³-hybridized carbons (Fsp3) is 0.611. The van der Waals surface area contributed by atoms with Gasteiger partial charge in [-0.25, -0.2) is 4.79 Å². The van der Waals surface area contributed by atoms with Crippen molar-refractivity contribution in [3.05, 3.63) is 27.2 Å². The summed E-state index contributed by atoms with van der Waals surface area (Å²) in [7, 11) is 0. The number of hydrogen-bond donors (Lipinski definition) is 0. The summed E-state index contributed by atoms with van der Waals surface area (Å²) in [5.74, 6) is 0. The minimum Gasteiger partial charge on any atom is -0.444 e. The zero-order chi connectivity index (χ0) is 17.5. The van der Waals surface area contributed by atoms with Crippen molar-refractivity contribution in [2.24, 2.45) is 0 Å². The molecule has 0 radical (unpaired) electrons. The summed E-state index contributed by atoms with van der Waals surface area (Å²) in [6.45, 7) is 8.18. The van der Waals surface area contributed by atoms with Gasteiger partial charge < -0.3 is 14.5 Å². The zero-order valence-corrected chi connectivity index (χ0v) is 16.8. The maximum Gasteiger partial charge on any atom is 0.410 e. The summed E-state index contributed by atoms with van der Waals surface area (Å²) in [5.41, 5.74) is 2.07. The molecule has 0 unspecified atom stereocenters. The second kappa shape index (κ2) is 6.75. The van der Waals surface area contributed by atoms with E-state index in [1.165, 1.54) is 11.3 Å². The van der Waals surface area contributed by atoms with Crippen molar-refractivity contribution in [1.82, 2.24) is 4.90 Å². The molecular formula is C18H24BrClN2O2. The van der Waals surface area contributed by atoms with Crippen LogP contribution >= 0.6 is 27.5 Å². The number of rotatable bonds is 1. The standard InChI is InChI=1S/C18H24BrClN2O2/c1-18(2,3)24-17(23)21-8-6-14(11-21)22-7-4-5-12-9-13(20)10-15(19)16(12)22/h9-10,14H,4-8,11H2,1-3H3/t14-/m1/s1. The number of likely N-dealkylation sites (tertiary alicyclic amines) is 1. The number of carbonyl (C=O) groups is 1. The lowest BCUT2D eigenvalue weighted by Gasteiger charge is -2.37.